The van der Waals surface area contributed by atoms with Gasteiger partial charge in [-0.2, -0.15) is 18.3 Å². The van der Waals surface area contributed by atoms with Crippen molar-refractivity contribution >= 4 is 0 Å². The number of nitrogens with zero attached hydrogens (tertiary/aromatic N) is 2. The molecule has 0 unspecified atom stereocenters. The van der Waals surface area contributed by atoms with Crippen LogP contribution in [0.5, 0.6) is 5.75 Å². The van der Waals surface area contributed by atoms with Crippen molar-refractivity contribution in [1.29, 1.82) is 0 Å². The molecule has 0 radical (unpaired) electrons. The monoisotopic (exact) mass is 350 g/mol. The molecule has 6 heteroatoms. The van der Waals surface area contributed by atoms with Gasteiger partial charge in [0.2, 0.25) is 0 Å². The number of ether oxygens (including phenoxy) is 1. The van der Waals surface area contributed by atoms with Crippen LogP contribution in [0.2, 0.25) is 0 Å². The van der Waals surface area contributed by atoms with Crippen LogP contribution in [0.15, 0.2) is 24.3 Å². The van der Waals surface area contributed by atoms with E-state index in [1.165, 1.54) is 32.4 Å². The Labute approximate surface area is 145 Å². The van der Waals surface area contributed by atoms with Gasteiger partial charge in [0.25, 0.3) is 0 Å². The molecule has 0 saturated heterocycles. The van der Waals surface area contributed by atoms with Gasteiger partial charge in [0.1, 0.15) is 5.75 Å². The average molecular weight is 350 g/mol. The van der Waals surface area contributed by atoms with E-state index in [0.717, 1.165) is 42.1 Å². The second-order valence-corrected chi connectivity index (χ2v) is 6.62. The quantitative estimate of drug-likeness (QED) is 0.742. The SMILES string of the molecule is COc1cc(C(F)(F)F)ccc1-c1nnc(CCC2CCC2)cc1C. The Hall–Kier alpha value is -2.11. The zero-order valence-electron chi connectivity index (χ0n) is 14.4. The van der Waals surface area contributed by atoms with Crippen LogP contribution in [-0.4, -0.2) is 17.3 Å². The van der Waals surface area contributed by atoms with Crippen LogP contribution in [0.1, 0.15) is 42.5 Å². The fraction of sp³-hybridized carbons (Fsp3) is 0.474. The van der Waals surface area contributed by atoms with Gasteiger partial charge >= 0.3 is 6.18 Å². The molecule has 0 spiro atoms. The highest BCUT2D eigenvalue weighted by atomic mass is 19.4. The van der Waals surface area contributed by atoms with Crippen molar-refractivity contribution in [1.82, 2.24) is 10.2 Å². The zero-order valence-corrected chi connectivity index (χ0v) is 14.4. The normalized spacial score (nSPS) is 15.1. The van der Waals surface area contributed by atoms with Gasteiger partial charge in [-0.25, -0.2) is 0 Å². The smallest absolute Gasteiger partial charge is 0.416 e. The van der Waals surface area contributed by atoms with E-state index in [1.54, 1.807) is 0 Å². The third-order valence-electron chi connectivity index (χ3n) is 4.85. The largest absolute Gasteiger partial charge is 0.496 e. The van der Waals surface area contributed by atoms with Gasteiger partial charge in [-0.15, -0.1) is 5.10 Å². The van der Waals surface area contributed by atoms with Gasteiger partial charge in [0.05, 0.1) is 24.1 Å². The minimum absolute atomic E-state index is 0.148. The van der Waals surface area contributed by atoms with Gasteiger partial charge in [-0.1, -0.05) is 19.3 Å². The Morgan fingerprint density at radius 1 is 1.16 bits per heavy atom. The van der Waals surface area contributed by atoms with E-state index in [1.807, 2.05) is 13.0 Å². The van der Waals surface area contributed by atoms with Crippen molar-refractivity contribution in [3.63, 3.8) is 0 Å². The number of rotatable bonds is 5. The predicted molar refractivity (Wildman–Crippen MR) is 89.4 cm³/mol. The summed E-state index contributed by atoms with van der Waals surface area (Å²) in [7, 11) is 1.36. The predicted octanol–water partition coefficient (Wildman–Crippen LogP) is 5.21. The summed E-state index contributed by atoms with van der Waals surface area (Å²) in [6.45, 7) is 1.90. The number of halogens is 3. The lowest BCUT2D eigenvalue weighted by atomic mass is 9.82. The molecule has 1 aliphatic carbocycles. The Bertz CT molecular complexity index is 755. The molecule has 0 atom stereocenters. The maximum atomic E-state index is 12.9. The molecule has 0 amide bonds. The van der Waals surface area contributed by atoms with Crippen LogP contribution in [0, 0.1) is 12.8 Å². The number of methoxy groups -OCH3 is 1. The molecule has 1 saturated carbocycles. The first-order valence-corrected chi connectivity index (χ1v) is 8.47. The zero-order chi connectivity index (χ0) is 18.0. The van der Waals surface area contributed by atoms with Gasteiger partial charge in [-0.3, -0.25) is 0 Å². The Morgan fingerprint density at radius 2 is 1.92 bits per heavy atom. The Kier molecular flexibility index (Phi) is 4.97. The average Bonchev–Trinajstić information content (AvgIpc) is 2.52. The summed E-state index contributed by atoms with van der Waals surface area (Å²) in [5.41, 5.74) is 2.15. The molecule has 2 aromatic rings. The molecule has 1 aliphatic rings. The van der Waals surface area contributed by atoms with Crippen molar-refractivity contribution in [3.8, 4) is 17.0 Å². The summed E-state index contributed by atoms with van der Waals surface area (Å²) >= 11 is 0. The highest BCUT2D eigenvalue weighted by molar-refractivity contribution is 5.70. The Morgan fingerprint density at radius 3 is 2.48 bits per heavy atom. The van der Waals surface area contributed by atoms with Gasteiger partial charge in [-0.05, 0) is 55.5 Å². The van der Waals surface area contributed by atoms with Crippen molar-refractivity contribution in [2.24, 2.45) is 5.92 Å². The van der Waals surface area contributed by atoms with Crippen LogP contribution in [0.4, 0.5) is 13.2 Å². The van der Waals surface area contributed by atoms with E-state index in [9.17, 15) is 13.2 Å². The summed E-state index contributed by atoms with van der Waals surface area (Å²) in [6, 6.07) is 5.41. The van der Waals surface area contributed by atoms with Gasteiger partial charge < -0.3 is 4.74 Å². The fourth-order valence-corrected chi connectivity index (χ4v) is 3.13. The molecule has 0 bridgehead atoms. The van der Waals surface area contributed by atoms with E-state index >= 15 is 0 Å². The lowest BCUT2D eigenvalue weighted by Gasteiger charge is -2.24. The van der Waals surface area contributed by atoms with Crippen LogP contribution < -0.4 is 4.74 Å². The summed E-state index contributed by atoms with van der Waals surface area (Å²) < 4.78 is 43.8. The maximum Gasteiger partial charge on any atom is 0.416 e. The fourth-order valence-electron chi connectivity index (χ4n) is 3.13. The molecule has 3 rings (SSSR count). The molecule has 134 valence electrons. The summed E-state index contributed by atoms with van der Waals surface area (Å²) in [5, 5.41) is 8.52. The highest BCUT2D eigenvalue weighted by Gasteiger charge is 2.31. The van der Waals surface area contributed by atoms with E-state index < -0.39 is 11.7 Å². The Balaban J connectivity index is 1.85. The van der Waals surface area contributed by atoms with Crippen LogP contribution in [0.25, 0.3) is 11.3 Å². The summed E-state index contributed by atoms with van der Waals surface area (Å²) in [4.78, 5) is 0. The highest BCUT2D eigenvalue weighted by Crippen LogP contribution is 2.37. The van der Waals surface area contributed by atoms with E-state index in [0.29, 0.717) is 11.3 Å². The molecule has 1 heterocycles. The van der Waals surface area contributed by atoms with Crippen molar-refractivity contribution < 1.29 is 17.9 Å². The molecule has 0 N–H and O–H groups in total. The topological polar surface area (TPSA) is 35.0 Å². The second-order valence-electron chi connectivity index (χ2n) is 6.62. The third-order valence-corrected chi connectivity index (χ3v) is 4.85. The van der Waals surface area contributed by atoms with Crippen LogP contribution >= 0.6 is 0 Å². The number of hydrogen-bond acceptors (Lipinski definition) is 3. The first-order chi connectivity index (χ1) is 11.9. The second kappa shape index (κ2) is 7.02. The summed E-state index contributed by atoms with van der Waals surface area (Å²) in [5.74, 6) is 0.950. The molecule has 3 nitrogen and oxygen atoms in total. The minimum Gasteiger partial charge on any atom is -0.496 e. The van der Waals surface area contributed by atoms with Crippen LogP contribution in [-0.2, 0) is 12.6 Å². The molecule has 1 fully saturated rings. The number of alkyl halides is 3. The third kappa shape index (κ3) is 3.94. The van der Waals surface area contributed by atoms with Crippen LogP contribution in [0.3, 0.4) is 0 Å². The first kappa shape index (κ1) is 17.7. The lowest BCUT2D eigenvalue weighted by molar-refractivity contribution is -0.137. The lowest BCUT2D eigenvalue weighted by Crippen LogP contribution is -2.12. The molecule has 0 aliphatic heterocycles. The van der Waals surface area contributed by atoms with Crippen molar-refractivity contribution in [3.05, 3.63) is 41.1 Å². The van der Waals surface area contributed by atoms with Gasteiger partial charge in [0, 0.05) is 5.56 Å². The van der Waals surface area contributed by atoms with E-state index in [4.69, 9.17) is 4.74 Å². The molecular formula is C19H21F3N2O. The molecule has 25 heavy (non-hydrogen) atoms. The number of hydrogen-bond donors (Lipinski definition) is 0. The molecule has 1 aromatic carbocycles. The number of benzene rings is 1. The number of aryl methyl sites for hydroxylation is 2. The molecular weight excluding hydrogens is 329 g/mol. The van der Waals surface area contributed by atoms with E-state index in [2.05, 4.69) is 10.2 Å². The minimum atomic E-state index is -4.40. The maximum absolute atomic E-state index is 12.9. The standard InChI is InChI=1S/C19H21F3N2O/c1-12-10-15(8-6-13-4-3-5-13)23-24-18(12)16-9-7-14(19(20,21)22)11-17(16)25-2/h7,9-11,13H,3-6,8H2,1-2H3. The summed E-state index contributed by atoms with van der Waals surface area (Å²) in [6.07, 6.45) is 1.53. The number of aromatic nitrogens is 2. The van der Waals surface area contributed by atoms with Crippen molar-refractivity contribution in [2.75, 3.05) is 7.11 Å². The molecule has 1 aromatic heterocycles. The van der Waals surface area contributed by atoms with Crippen molar-refractivity contribution in [2.45, 2.75) is 45.2 Å². The first-order valence-electron chi connectivity index (χ1n) is 8.47. The van der Waals surface area contributed by atoms with Gasteiger partial charge in [0.15, 0.2) is 0 Å². The van der Waals surface area contributed by atoms with E-state index in [-0.39, 0.29) is 5.75 Å².